The highest BCUT2D eigenvalue weighted by molar-refractivity contribution is 5.75. The molecule has 2 atom stereocenters. The number of aromatic amines is 1. The second kappa shape index (κ2) is 7.97. The molecule has 0 radical (unpaired) electrons. The number of likely N-dealkylation sites (tertiary alicyclic amines) is 1. The first-order chi connectivity index (χ1) is 11.8. The summed E-state index contributed by atoms with van der Waals surface area (Å²) in [6.07, 6.45) is 6.59. The third-order valence-corrected chi connectivity index (χ3v) is 4.43. The Balaban J connectivity index is 1.73. The molecule has 2 heterocycles. The Hall–Kier alpha value is -2.34. The zero-order valence-corrected chi connectivity index (χ0v) is 13.9. The van der Waals surface area contributed by atoms with Gasteiger partial charge in [0, 0.05) is 26.0 Å². The van der Waals surface area contributed by atoms with Crippen molar-refractivity contribution in [1.82, 2.24) is 20.2 Å². The molecule has 2 unspecified atom stereocenters. The quantitative estimate of drug-likeness (QED) is 0.886. The number of nitrogens with zero attached hydrogens (tertiary/aromatic N) is 2. The molecule has 1 saturated heterocycles. The molecule has 1 fully saturated rings. The zero-order chi connectivity index (χ0) is 16.8. The minimum atomic E-state index is -0.164. The summed E-state index contributed by atoms with van der Waals surface area (Å²) in [7, 11) is 1.65. The number of hydrogen-bond acceptors (Lipinski definition) is 3. The molecule has 24 heavy (non-hydrogen) atoms. The first-order valence-corrected chi connectivity index (χ1v) is 8.40. The molecule has 2 aromatic rings. The fraction of sp³-hybridized carbons (Fsp3) is 0.444. The Morgan fingerprint density at radius 3 is 2.96 bits per heavy atom. The van der Waals surface area contributed by atoms with E-state index in [1.165, 1.54) is 0 Å². The number of methoxy groups -OCH3 is 1. The summed E-state index contributed by atoms with van der Waals surface area (Å²) in [6.45, 7) is 1.18. The Bertz CT molecular complexity index is 630. The monoisotopic (exact) mass is 328 g/mol. The van der Waals surface area contributed by atoms with Gasteiger partial charge in [0.1, 0.15) is 5.82 Å². The van der Waals surface area contributed by atoms with Crippen LogP contribution in [0.2, 0.25) is 0 Å². The van der Waals surface area contributed by atoms with Crippen LogP contribution in [0.15, 0.2) is 42.7 Å². The highest BCUT2D eigenvalue weighted by Gasteiger charge is 2.30. The van der Waals surface area contributed by atoms with Crippen LogP contribution in [0.25, 0.3) is 0 Å². The van der Waals surface area contributed by atoms with E-state index in [1.807, 2.05) is 35.2 Å². The number of piperidine rings is 1. The minimum Gasteiger partial charge on any atom is -0.382 e. The van der Waals surface area contributed by atoms with Crippen molar-refractivity contribution in [2.45, 2.75) is 31.3 Å². The van der Waals surface area contributed by atoms with E-state index < -0.39 is 0 Å². The minimum absolute atomic E-state index is 0.00715. The molecule has 128 valence electrons. The summed E-state index contributed by atoms with van der Waals surface area (Å²) in [5, 5.41) is 3.12. The van der Waals surface area contributed by atoms with Crippen molar-refractivity contribution in [1.29, 1.82) is 0 Å². The molecular weight excluding hydrogens is 304 g/mol. The topological polar surface area (TPSA) is 70.2 Å². The molecule has 1 aliphatic rings. The lowest BCUT2D eigenvalue weighted by Gasteiger charge is -2.35. The first kappa shape index (κ1) is 16.5. The predicted molar refractivity (Wildman–Crippen MR) is 91.5 cm³/mol. The second-order valence-electron chi connectivity index (χ2n) is 6.05. The van der Waals surface area contributed by atoms with Gasteiger partial charge in [-0.3, -0.25) is 0 Å². The molecule has 1 aromatic carbocycles. The van der Waals surface area contributed by atoms with Crippen molar-refractivity contribution in [3.8, 4) is 0 Å². The third-order valence-electron chi connectivity index (χ3n) is 4.43. The molecule has 1 aliphatic heterocycles. The van der Waals surface area contributed by atoms with Crippen molar-refractivity contribution in [2.24, 2.45) is 0 Å². The van der Waals surface area contributed by atoms with E-state index in [4.69, 9.17) is 4.74 Å². The smallest absolute Gasteiger partial charge is 0.318 e. The van der Waals surface area contributed by atoms with E-state index in [-0.39, 0.29) is 18.1 Å². The van der Waals surface area contributed by atoms with Gasteiger partial charge in [0.2, 0.25) is 0 Å². The fourth-order valence-corrected chi connectivity index (χ4v) is 3.22. The fourth-order valence-electron chi connectivity index (χ4n) is 3.22. The van der Waals surface area contributed by atoms with E-state index in [0.717, 1.165) is 37.2 Å². The molecule has 6 heteroatoms. The van der Waals surface area contributed by atoms with Crippen molar-refractivity contribution >= 4 is 6.03 Å². The maximum Gasteiger partial charge on any atom is 0.318 e. The van der Waals surface area contributed by atoms with Crippen molar-refractivity contribution < 1.29 is 9.53 Å². The van der Waals surface area contributed by atoms with Crippen LogP contribution in [0, 0.1) is 0 Å². The number of urea groups is 1. The largest absolute Gasteiger partial charge is 0.382 e. The molecule has 2 N–H and O–H groups in total. The first-order valence-electron chi connectivity index (χ1n) is 8.40. The average molecular weight is 328 g/mol. The van der Waals surface area contributed by atoms with Gasteiger partial charge in [-0.15, -0.1) is 0 Å². The third kappa shape index (κ3) is 3.76. The number of imidazole rings is 1. The SMILES string of the molecule is COCC(NC(=O)N1CCCCC1c1ncc[nH]1)c1ccccc1. The standard InChI is InChI=1S/C18H24N4O2/c1-24-13-15(14-7-3-2-4-8-14)21-18(23)22-12-6-5-9-16(22)17-19-10-11-20-17/h2-4,7-8,10-11,15-16H,5-6,9,12-13H2,1H3,(H,19,20)(H,21,23). The van der Waals surface area contributed by atoms with Gasteiger partial charge in [0.15, 0.2) is 0 Å². The maximum atomic E-state index is 12.9. The number of nitrogens with one attached hydrogen (secondary N) is 2. The van der Waals surface area contributed by atoms with Gasteiger partial charge in [0.05, 0.1) is 18.7 Å². The molecule has 2 amide bonds. The number of carbonyl (C=O) groups excluding carboxylic acids is 1. The number of benzene rings is 1. The van der Waals surface area contributed by atoms with E-state index in [1.54, 1.807) is 19.5 Å². The molecule has 0 spiro atoms. The lowest BCUT2D eigenvalue weighted by atomic mass is 10.0. The van der Waals surface area contributed by atoms with Crippen molar-refractivity contribution in [3.05, 3.63) is 54.1 Å². The number of aromatic nitrogens is 2. The van der Waals surface area contributed by atoms with Gasteiger partial charge >= 0.3 is 6.03 Å². The van der Waals surface area contributed by atoms with E-state index >= 15 is 0 Å². The molecule has 0 saturated carbocycles. The van der Waals surface area contributed by atoms with Crippen LogP contribution in [-0.2, 0) is 4.74 Å². The molecule has 0 bridgehead atoms. The number of H-pyrrole nitrogens is 1. The van der Waals surface area contributed by atoms with Gasteiger partial charge in [-0.25, -0.2) is 9.78 Å². The van der Waals surface area contributed by atoms with Crippen LogP contribution in [0.1, 0.15) is 42.7 Å². The van der Waals surface area contributed by atoms with E-state index in [9.17, 15) is 4.79 Å². The number of amides is 2. The normalized spacial score (nSPS) is 19.0. The second-order valence-corrected chi connectivity index (χ2v) is 6.05. The number of hydrogen-bond donors (Lipinski definition) is 2. The van der Waals surface area contributed by atoms with Crippen LogP contribution >= 0.6 is 0 Å². The summed E-state index contributed by atoms with van der Waals surface area (Å²) in [6, 6.07) is 9.69. The molecular formula is C18H24N4O2. The van der Waals surface area contributed by atoms with Crippen molar-refractivity contribution in [3.63, 3.8) is 0 Å². The number of rotatable bonds is 5. The van der Waals surface area contributed by atoms with Gasteiger partial charge < -0.3 is 19.9 Å². The van der Waals surface area contributed by atoms with E-state index in [2.05, 4.69) is 15.3 Å². The van der Waals surface area contributed by atoms with Crippen LogP contribution < -0.4 is 5.32 Å². The maximum absolute atomic E-state index is 12.9. The van der Waals surface area contributed by atoms with Crippen LogP contribution in [0.4, 0.5) is 4.79 Å². The Morgan fingerprint density at radius 2 is 2.25 bits per heavy atom. The molecule has 6 nitrogen and oxygen atoms in total. The van der Waals surface area contributed by atoms with Gasteiger partial charge in [-0.1, -0.05) is 30.3 Å². The van der Waals surface area contributed by atoms with E-state index in [0.29, 0.717) is 6.61 Å². The van der Waals surface area contributed by atoms with Crippen LogP contribution in [0.5, 0.6) is 0 Å². The van der Waals surface area contributed by atoms with Crippen molar-refractivity contribution in [2.75, 3.05) is 20.3 Å². The highest BCUT2D eigenvalue weighted by Crippen LogP contribution is 2.29. The Kier molecular flexibility index (Phi) is 5.48. The van der Waals surface area contributed by atoms with Gasteiger partial charge in [-0.2, -0.15) is 0 Å². The summed E-state index contributed by atoms with van der Waals surface area (Å²) in [4.78, 5) is 22.3. The Labute approximate surface area is 142 Å². The number of ether oxygens (including phenoxy) is 1. The van der Waals surface area contributed by atoms with Gasteiger partial charge in [-0.05, 0) is 24.8 Å². The Morgan fingerprint density at radius 1 is 1.42 bits per heavy atom. The summed E-state index contributed by atoms with van der Waals surface area (Å²) < 4.78 is 5.29. The van der Waals surface area contributed by atoms with Gasteiger partial charge in [0.25, 0.3) is 0 Å². The molecule has 0 aliphatic carbocycles. The number of carbonyl (C=O) groups is 1. The summed E-state index contributed by atoms with van der Waals surface area (Å²) >= 11 is 0. The lowest BCUT2D eigenvalue weighted by molar-refractivity contribution is 0.130. The molecule has 3 rings (SSSR count). The van der Waals surface area contributed by atoms with Crippen LogP contribution in [-0.4, -0.2) is 41.2 Å². The zero-order valence-electron chi connectivity index (χ0n) is 13.9. The summed E-state index contributed by atoms with van der Waals surface area (Å²) in [5.74, 6) is 0.854. The molecule has 1 aromatic heterocycles. The summed E-state index contributed by atoms with van der Waals surface area (Å²) in [5.41, 5.74) is 1.04. The predicted octanol–water partition coefficient (Wildman–Crippen LogP) is 3.03. The highest BCUT2D eigenvalue weighted by atomic mass is 16.5. The lowest BCUT2D eigenvalue weighted by Crippen LogP contribution is -2.46. The van der Waals surface area contributed by atoms with Crippen LogP contribution in [0.3, 0.4) is 0 Å². The average Bonchev–Trinajstić information content (AvgIpc) is 3.16.